The van der Waals surface area contributed by atoms with Crippen LogP contribution in [0.15, 0.2) is 42.5 Å². The van der Waals surface area contributed by atoms with E-state index >= 15 is 0 Å². The summed E-state index contributed by atoms with van der Waals surface area (Å²) >= 11 is 1.08. The summed E-state index contributed by atoms with van der Waals surface area (Å²) in [5.41, 5.74) is -2.18. The monoisotopic (exact) mass is 311 g/mol. The van der Waals surface area contributed by atoms with Crippen molar-refractivity contribution < 1.29 is 23.1 Å². The van der Waals surface area contributed by atoms with E-state index in [2.05, 4.69) is 4.98 Å². The number of fused-ring (bicyclic) bond motifs is 1. The highest BCUT2D eigenvalue weighted by molar-refractivity contribution is 7.18. The molecule has 7 heteroatoms. The average Bonchev–Trinajstić information content (AvgIpc) is 2.85. The number of hydrogen-bond donors (Lipinski definition) is 1. The molecule has 3 rings (SSSR count). The number of thiazole rings is 1. The molecule has 0 saturated carbocycles. The van der Waals surface area contributed by atoms with Gasteiger partial charge in [0.15, 0.2) is 11.4 Å². The first-order chi connectivity index (χ1) is 9.78. The molecule has 1 aliphatic rings. The van der Waals surface area contributed by atoms with Crippen LogP contribution in [-0.2, 0) is 16.6 Å². The number of carbonyl (C=O) groups excluding carboxylic acids is 1. The quantitative estimate of drug-likeness (QED) is 0.880. The lowest BCUT2D eigenvalue weighted by atomic mass is 9.98. The van der Waals surface area contributed by atoms with Crippen molar-refractivity contribution in [2.75, 3.05) is 0 Å². The van der Waals surface area contributed by atoms with Crippen molar-refractivity contribution in [1.82, 2.24) is 4.98 Å². The Morgan fingerprint density at radius 3 is 2.48 bits per heavy atom. The van der Waals surface area contributed by atoms with Gasteiger partial charge in [-0.1, -0.05) is 0 Å². The third-order valence-corrected chi connectivity index (χ3v) is 4.24. The Kier molecular flexibility index (Phi) is 3.00. The number of rotatable bonds is 1. The molecule has 0 fully saturated rings. The number of aliphatic hydroxyl groups is 1. The van der Waals surface area contributed by atoms with Gasteiger partial charge in [0.1, 0.15) is 5.01 Å². The number of hydrogen-bond acceptors (Lipinski definition) is 4. The van der Waals surface area contributed by atoms with Crippen molar-refractivity contribution in [2.24, 2.45) is 0 Å². The first-order valence-electron chi connectivity index (χ1n) is 5.91. The maximum absolute atomic E-state index is 12.7. The van der Waals surface area contributed by atoms with Crippen LogP contribution in [0.4, 0.5) is 13.2 Å². The second-order valence-electron chi connectivity index (χ2n) is 4.59. The molecule has 0 spiro atoms. The predicted octanol–water partition coefficient (Wildman–Crippen LogP) is 3.20. The highest BCUT2D eigenvalue weighted by atomic mass is 32.1. The summed E-state index contributed by atoms with van der Waals surface area (Å²) in [6.07, 6.45) is 0.516. The fourth-order valence-electron chi connectivity index (χ4n) is 1.95. The van der Waals surface area contributed by atoms with Crippen molar-refractivity contribution in [3.05, 3.63) is 53.1 Å². The molecule has 2 aromatic rings. The van der Waals surface area contributed by atoms with Gasteiger partial charge < -0.3 is 5.11 Å². The smallest absolute Gasteiger partial charge is 0.375 e. The second kappa shape index (κ2) is 4.51. The molecule has 108 valence electrons. The molecule has 1 aliphatic carbocycles. The lowest BCUT2D eigenvalue weighted by molar-refractivity contribution is -0.137. The number of aromatic nitrogens is 1. The Hall–Kier alpha value is -1.99. The van der Waals surface area contributed by atoms with E-state index in [9.17, 15) is 23.1 Å². The number of allylic oxidation sites excluding steroid dienone is 2. The standard InChI is InChI=1S/C14H8F3NO2S/c15-14(16,17)8-1-2-11-10(7-8)18-12(21-11)13(20)5-3-9(19)4-6-13/h1-7,20H. The van der Waals surface area contributed by atoms with E-state index in [1.807, 2.05) is 0 Å². The van der Waals surface area contributed by atoms with Crippen LogP contribution in [0.3, 0.4) is 0 Å². The summed E-state index contributed by atoms with van der Waals surface area (Å²) in [5, 5.41) is 10.6. The molecule has 1 N–H and O–H groups in total. The largest absolute Gasteiger partial charge is 0.416 e. The van der Waals surface area contributed by atoms with Crippen LogP contribution in [0.5, 0.6) is 0 Å². The zero-order chi connectivity index (χ0) is 15.3. The van der Waals surface area contributed by atoms with Crippen molar-refractivity contribution in [3.8, 4) is 0 Å². The maximum atomic E-state index is 12.7. The van der Waals surface area contributed by atoms with Gasteiger partial charge in [-0.2, -0.15) is 13.2 Å². The summed E-state index contributed by atoms with van der Waals surface area (Å²) in [7, 11) is 0. The zero-order valence-corrected chi connectivity index (χ0v) is 11.2. The summed E-state index contributed by atoms with van der Waals surface area (Å²) in [4.78, 5) is 15.1. The summed E-state index contributed by atoms with van der Waals surface area (Å²) < 4.78 is 38.5. The van der Waals surface area contributed by atoms with Gasteiger partial charge in [-0.15, -0.1) is 11.3 Å². The Labute approximate surface area is 121 Å². The molecule has 3 nitrogen and oxygen atoms in total. The van der Waals surface area contributed by atoms with Gasteiger partial charge in [-0.25, -0.2) is 4.98 Å². The van der Waals surface area contributed by atoms with E-state index in [0.717, 1.165) is 23.5 Å². The number of benzene rings is 1. The molecule has 0 bridgehead atoms. The lowest BCUT2D eigenvalue weighted by Gasteiger charge is -2.19. The molecule has 0 unspecified atom stereocenters. The predicted molar refractivity (Wildman–Crippen MR) is 71.8 cm³/mol. The topological polar surface area (TPSA) is 50.2 Å². The number of halogens is 3. The third kappa shape index (κ3) is 2.50. The molecule has 1 aromatic heterocycles. The van der Waals surface area contributed by atoms with Crippen molar-refractivity contribution in [2.45, 2.75) is 11.8 Å². The number of nitrogens with zero attached hydrogens (tertiary/aromatic N) is 1. The third-order valence-electron chi connectivity index (χ3n) is 3.06. The molecular weight excluding hydrogens is 303 g/mol. The van der Waals surface area contributed by atoms with Crippen LogP contribution < -0.4 is 0 Å². The molecule has 0 amide bonds. The van der Waals surface area contributed by atoms with Crippen LogP contribution in [0.1, 0.15) is 10.6 Å². The number of ketones is 1. The van der Waals surface area contributed by atoms with Crippen molar-refractivity contribution >= 4 is 27.3 Å². The summed E-state index contributed by atoms with van der Waals surface area (Å²) in [5.74, 6) is -0.264. The normalized spacial score (nSPS) is 17.6. The minimum atomic E-state index is -4.44. The second-order valence-corrected chi connectivity index (χ2v) is 5.62. The van der Waals surface area contributed by atoms with Gasteiger partial charge in [0.2, 0.25) is 0 Å². The van der Waals surface area contributed by atoms with Gasteiger partial charge in [0, 0.05) is 0 Å². The summed E-state index contributed by atoms with van der Waals surface area (Å²) in [6.45, 7) is 0. The minimum absolute atomic E-state index is 0.164. The fraction of sp³-hybridized carbons (Fsp3) is 0.143. The van der Waals surface area contributed by atoms with Crippen molar-refractivity contribution in [3.63, 3.8) is 0 Å². The molecular formula is C14H8F3NO2S. The Morgan fingerprint density at radius 1 is 1.19 bits per heavy atom. The van der Waals surface area contributed by atoms with E-state index in [0.29, 0.717) is 4.70 Å². The molecule has 0 radical (unpaired) electrons. The molecule has 1 aromatic carbocycles. The highest BCUT2D eigenvalue weighted by Gasteiger charge is 2.32. The van der Waals surface area contributed by atoms with Gasteiger partial charge in [0.05, 0.1) is 15.8 Å². The zero-order valence-electron chi connectivity index (χ0n) is 10.4. The molecule has 0 saturated heterocycles. The minimum Gasteiger partial charge on any atom is -0.375 e. The van der Waals surface area contributed by atoms with E-state index in [-0.39, 0.29) is 16.3 Å². The van der Waals surface area contributed by atoms with Crippen LogP contribution >= 0.6 is 11.3 Å². The fourth-order valence-corrected chi connectivity index (χ4v) is 2.94. The first-order valence-corrected chi connectivity index (χ1v) is 6.73. The van der Waals surface area contributed by atoms with E-state index < -0.39 is 17.3 Å². The SMILES string of the molecule is O=C1C=CC(O)(c2nc3cc(C(F)(F)F)ccc3s2)C=C1. The molecule has 0 atom stereocenters. The van der Waals surface area contributed by atoms with Crippen molar-refractivity contribution in [1.29, 1.82) is 0 Å². The van der Waals surface area contributed by atoms with Crippen LogP contribution in [0.25, 0.3) is 10.2 Å². The van der Waals surface area contributed by atoms with Gasteiger partial charge >= 0.3 is 6.18 Å². The van der Waals surface area contributed by atoms with Gasteiger partial charge in [-0.05, 0) is 42.5 Å². The lowest BCUT2D eigenvalue weighted by Crippen LogP contribution is -2.22. The van der Waals surface area contributed by atoms with E-state index in [4.69, 9.17) is 0 Å². The van der Waals surface area contributed by atoms with Crippen LogP contribution in [-0.4, -0.2) is 15.9 Å². The Morgan fingerprint density at radius 2 is 1.86 bits per heavy atom. The maximum Gasteiger partial charge on any atom is 0.416 e. The molecule has 21 heavy (non-hydrogen) atoms. The number of carbonyl (C=O) groups is 1. The van der Waals surface area contributed by atoms with E-state index in [1.54, 1.807) is 0 Å². The van der Waals surface area contributed by atoms with Crippen LogP contribution in [0, 0.1) is 0 Å². The average molecular weight is 311 g/mol. The Bertz CT molecular complexity index is 773. The van der Waals surface area contributed by atoms with Gasteiger partial charge in [0.25, 0.3) is 0 Å². The van der Waals surface area contributed by atoms with Crippen LogP contribution in [0.2, 0.25) is 0 Å². The number of alkyl halides is 3. The highest BCUT2D eigenvalue weighted by Crippen LogP contribution is 2.36. The molecule has 1 heterocycles. The molecule has 0 aliphatic heterocycles. The van der Waals surface area contributed by atoms with E-state index in [1.165, 1.54) is 30.4 Å². The first kappa shape index (κ1) is 14.0. The van der Waals surface area contributed by atoms with Gasteiger partial charge in [-0.3, -0.25) is 4.79 Å². The summed E-state index contributed by atoms with van der Waals surface area (Å²) in [6, 6.07) is 3.24. The Balaban J connectivity index is 2.08.